The lowest BCUT2D eigenvalue weighted by atomic mass is 9.95. The van der Waals surface area contributed by atoms with E-state index < -0.39 is 35.0 Å². The Kier molecular flexibility index (Phi) is 10.0. The lowest BCUT2D eigenvalue weighted by Gasteiger charge is -2.26. The normalized spacial score (nSPS) is 15.0. The number of thiazole rings is 1. The topological polar surface area (TPSA) is 79.1 Å². The second kappa shape index (κ2) is 13.8. The molecule has 0 aliphatic carbocycles. The molecule has 2 heterocycles. The number of nitrogens with zero attached hydrogens (tertiary/aromatic N) is 2. The molecule has 0 spiro atoms. The monoisotopic (exact) mass is 768 g/mol. The maximum absolute atomic E-state index is 14.4. The van der Waals surface area contributed by atoms with Crippen molar-refractivity contribution in [3.8, 4) is 11.5 Å². The third kappa shape index (κ3) is 7.12. The highest BCUT2D eigenvalue weighted by molar-refractivity contribution is 14.1. The first-order chi connectivity index (χ1) is 21.5. The molecule has 0 saturated carbocycles. The van der Waals surface area contributed by atoms with Crippen molar-refractivity contribution < 1.29 is 32.2 Å². The standard InChI is InChI=1S/C32H25ClF3IN2O5S/c1-3-42-23-15-19(14-22(37)27(23)44-17-18-8-6-5-7-9-18)16-24-29(40)39-26(20-10-12-21(33)13-11-20)25(30(41)43-4-2)28(32(34,35)36)38-31(39)45-24/h5-16,26H,3-4,17H2,1-2H3/b24-16-/t26-/m1/s1. The van der Waals surface area contributed by atoms with Crippen LogP contribution in [-0.4, -0.2) is 29.9 Å². The molecule has 1 aliphatic heterocycles. The van der Waals surface area contributed by atoms with Crippen molar-refractivity contribution in [1.29, 1.82) is 0 Å². The van der Waals surface area contributed by atoms with Gasteiger partial charge in [0.2, 0.25) is 0 Å². The van der Waals surface area contributed by atoms with Crippen LogP contribution in [0.2, 0.25) is 5.02 Å². The number of alkyl halides is 3. The van der Waals surface area contributed by atoms with E-state index in [-0.39, 0.29) is 21.5 Å². The average molecular weight is 769 g/mol. The summed E-state index contributed by atoms with van der Waals surface area (Å²) in [6.07, 6.45) is -3.45. The minimum absolute atomic E-state index is 0.107. The van der Waals surface area contributed by atoms with Crippen LogP contribution >= 0.6 is 45.5 Å². The number of aromatic nitrogens is 1. The summed E-state index contributed by atoms with van der Waals surface area (Å²) in [6, 6.07) is 17.5. The van der Waals surface area contributed by atoms with Gasteiger partial charge in [-0.05, 0) is 83.5 Å². The summed E-state index contributed by atoms with van der Waals surface area (Å²) >= 11 is 8.93. The van der Waals surface area contributed by atoms with E-state index in [0.29, 0.717) is 38.9 Å². The van der Waals surface area contributed by atoms with Crippen LogP contribution in [0.5, 0.6) is 11.5 Å². The van der Waals surface area contributed by atoms with Crippen LogP contribution in [0.3, 0.4) is 0 Å². The first-order valence-electron chi connectivity index (χ1n) is 13.7. The largest absolute Gasteiger partial charge is 0.490 e. The summed E-state index contributed by atoms with van der Waals surface area (Å²) in [5.74, 6) is -0.247. The van der Waals surface area contributed by atoms with E-state index in [9.17, 15) is 22.8 Å². The Labute approximate surface area is 278 Å². The van der Waals surface area contributed by atoms with Crippen LogP contribution in [0.15, 0.2) is 87.8 Å². The van der Waals surface area contributed by atoms with Gasteiger partial charge >= 0.3 is 12.1 Å². The van der Waals surface area contributed by atoms with Crippen LogP contribution in [0.4, 0.5) is 13.2 Å². The lowest BCUT2D eigenvalue weighted by molar-refractivity contribution is -0.140. The summed E-state index contributed by atoms with van der Waals surface area (Å²) in [5, 5.41) is 0.333. The number of benzene rings is 3. The molecule has 0 bridgehead atoms. The van der Waals surface area contributed by atoms with Gasteiger partial charge in [-0.25, -0.2) is 9.79 Å². The number of ether oxygens (including phenoxy) is 3. The Bertz CT molecular complexity index is 1940. The van der Waals surface area contributed by atoms with E-state index in [1.807, 2.05) is 37.3 Å². The van der Waals surface area contributed by atoms with Crippen LogP contribution in [-0.2, 0) is 16.1 Å². The smallest absolute Gasteiger partial charge is 0.434 e. The fourth-order valence-electron chi connectivity index (χ4n) is 4.76. The Morgan fingerprint density at radius 2 is 1.78 bits per heavy atom. The third-order valence-corrected chi connectivity index (χ3v) is 8.67. The fraction of sp³-hybridized carbons (Fsp3) is 0.219. The van der Waals surface area contributed by atoms with Crippen LogP contribution < -0.4 is 24.4 Å². The molecule has 0 saturated heterocycles. The highest BCUT2D eigenvalue weighted by Gasteiger charge is 2.45. The van der Waals surface area contributed by atoms with Gasteiger partial charge in [-0.3, -0.25) is 9.36 Å². The van der Waals surface area contributed by atoms with Gasteiger partial charge in [0.25, 0.3) is 5.56 Å². The van der Waals surface area contributed by atoms with Crippen molar-refractivity contribution in [3.05, 3.63) is 123 Å². The summed E-state index contributed by atoms with van der Waals surface area (Å²) < 4.78 is 62.0. The predicted octanol–water partition coefficient (Wildman–Crippen LogP) is 6.58. The molecule has 5 rings (SSSR count). The number of hydrogen-bond donors (Lipinski definition) is 0. The zero-order chi connectivity index (χ0) is 32.3. The van der Waals surface area contributed by atoms with Crippen LogP contribution in [0, 0.1) is 3.57 Å². The molecule has 0 amide bonds. The summed E-state index contributed by atoms with van der Waals surface area (Å²) in [4.78, 5) is 30.5. The molecule has 1 aliphatic rings. The number of fused-ring (bicyclic) bond motifs is 1. The van der Waals surface area contributed by atoms with Crippen molar-refractivity contribution in [2.75, 3.05) is 13.2 Å². The number of esters is 1. The van der Waals surface area contributed by atoms with Gasteiger partial charge in [-0.2, -0.15) is 13.2 Å². The van der Waals surface area contributed by atoms with Gasteiger partial charge in [0.1, 0.15) is 6.61 Å². The maximum atomic E-state index is 14.4. The van der Waals surface area contributed by atoms with E-state index in [1.165, 1.54) is 31.2 Å². The number of allylic oxidation sites excluding steroid dienone is 1. The molecule has 0 unspecified atom stereocenters. The molecular weight excluding hydrogens is 744 g/mol. The highest BCUT2D eigenvalue weighted by Crippen LogP contribution is 2.39. The van der Waals surface area contributed by atoms with E-state index in [2.05, 4.69) is 27.6 Å². The second-order valence-corrected chi connectivity index (χ2v) is 12.3. The van der Waals surface area contributed by atoms with E-state index in [1.54, 1.807) is 18.2 Å². The number of carbonyl (C=O) groups excluding carboxylic acids is 1. The minimum Gasteiger partial charge on any atom is -0.490 e. The molecule has 45 heavy (non-hydrogen) atoms. The summed E-state index contributed by atoms with van der Waals surface area (Å²) in [7, 11) is 0. The van der Waals surface area contributed by atoms with Gasteiger partial charge in [0.15, 0.2) is 22.0 Å². The van der Waals surface area contributed by atoms with Gasteiger partial charge in [0.05, 0.1) is 32.9 Å². The number of hydrogen-bond acceptors (Lipinski definition) is 7. The average Bonchev–Trinajstić information content (AvgIpc) is 3.31. The van der Waals surface area contributed by atoms with Crippen molar-refractivity contribution in [3.63, 3.8) is 0 Å². The lowest BCUT2D eigenvalue weighted by Crippen LogP contribution is -2.41. The third-order valence-electron chi connectivity index (χ3n) is 6.64. The molecule has 3 aromatic carbocycles. The highest BCUT2D eigenvalue weighted by atomic mass is 127. The fourth-order valence-corrected chi connectivity index (χ4v) is 6.66. The maximum Gasteiger partial charge on any atom is 0.434 e. The first kappa shape index (κ1) is 32.8. The molecular formula is C32H25ClF3IN2O5S. The zero-order valence-corrected chi connectivity index (χ0v) is 27.6. The molecule has 1 atom stereocenters. The molecule has 13 heteroatoms. The van der Waals surface area contributed by atoms with E-state index in [0.717, 1.165) is 21.5 Å². The summed E-state index contributed by atoms with van der Waals surface area (Å²) in [5.41, 5.74) is -1.06. The first-order valence-corrected chi connectivity index (χ1v) is 16.0. The van der Waals surface area contributed by atoms with Crippen molar-refractivity contribution in [2.45, 2.75) is 32.7 Å². The molecule has 0 fully saturated rings. The quantitative estimate of drug-likeness (QED) is 0.142. The predicted molar refractivity (Wildman–Crippen MR) is 173 cm³/mol. The molecule has 0 radical (unpaired) electrons. The number of carbonyl (C=O) groups is 1. The second-order valence-electron chi connectivity index (χ2n) is 9.65. The van der Waals surface area contributed by atoms with Gasteiger partial charge < -0.3 is 14.2 Å². The SMILES string of the molecule is CCOC(=O)C1=C(C(F)(F)F)N=c2s/c(=C\c3cc(I)c(OCc4ccccc4)c(OCC)c3)c(=O)n2[C@@H]1c1ccc(Cl)cc1. The van der Waals surface area contributed by atoms with E-state index >= 15 is 0 Å². The Morgan fingerprint density at radius 1 is 1.07 bits per heavy atom. The number of rotatable bonds is 9. The van der Waals surface area contributed by atoms with Gasteiger partial charge in [-0.15, -0.1) is 0 Å². The van der Waals surface area contributed by atoms with Gasteiger partial charge in [0, 0.05) is 5.02 Å². The molecule has 0 N–H and O–H groups in total. The Hall–Kier alpha value is -3.62. The molecule has 7 nitrogen and oxygen atoms in total. The van der Waals surface area contributed by atoms with Gasteiger partial charge in [-0.1, -0.05) is 65.4 Å². The molecule has 4 aromatic rings. The van der Waals surface area contributed by atoms with Crippen molar-refractivity contribution in [1.82, 2.24) is 4.57 Å². The van der Waals surface area contributed by atoms with E-state index in [4.69, 9.17) is 25.8 Å². The zero-order valence-electron chi connectivity index (χ0n) is 23.9. The molecule has 1 aromatic heterocycles. The van der Waals surface area contributed by atoms with Crippen LogP contribution in [0.25, 0.3) is 6.08 Å². The molecule has 234 valence electrons. The summed E-state index contributed by atoms with van der Waals surface area (Å²) in [6.45, 7) is 3.80. The van der Waals surface area contributed by atoms with Crippen molar-refractivity contribution >= 4 is 57.6 Å². The minimum atomic E-state index is -5.00. The Morgan fingerprint density at radius 3 is 2.42 bits per heavy atom. The Balaban J connectivity index is 1.66. The number of halogens is 5. The van der Waals surface area contributed by atoms with Crippen molar-refractivity contribution in [2.24, 2.45) is 4.99 Å². The van der Waals surface area contributed by atoms with Crippen LogP contribution in [0.1, 0.15) is 36.6 Å².